The first-order valence-corrected chi connectivity index (χ1v) is 7.30. The lowest BCUT2D eigenvalue weighted by Gasteiger charge is -2.26. The van der Waals surface area contributed by atoms with Crippen LogP contribution in [0.3, 0.4) is 0 Å². The Balaban J connectivity index is 2.06. The summed E-state index contributed by atoms with van der Waals surface area (Å²) in [4.78, 5) is 0. The topological polar surface area (TPSA) is 49.4 Å². The van der Waals surface area contributed by atoms with Crippen LogP contribution in [0.15, 0.2) is 0 Å². The molecule has 2 aliphatic rings. The number of hydrogen-bond acceptors (Lipinski definition) is 3. The van der Waals surface area contributed by atoms with E-state index in [2.05, 4.69) is 5.32 Å². The van der Waals surface area contributed by atoms with Crippen LogP contribution in [0.4, 0.5) is 0 Å². The van der Waals surface area contributed by atoms with Crippen LogP contribution in [0, 0.1) is 0 Å². The molecule has 0 bridgehead atoms. The molecule has 4 nitrogen and oxygen atoms in total. The second-order valence-corrected chi connectivity index (χ2v) is 6.89. The minimum atomic E-state index is -3.05. The highest BCUT2D eigenvalue weighted by Crippen LogP contribution is 2.26. The number of hydrogen-bond donors (Lipinski definition) is 1. The van der Waals surface area contributed by atoms with E-state index in [0.29, 0.717) is 6.54 Å². The van der Waals surface area contributed by atoms with E-state index in [4.69, 9.17) is 0 Å². The van der Waals surface area contributed by atoms with Crippen LogP contribution in [0.25, 0.3) is 0 Å². The maximum atomic E-state index is 12.2. The van der Waals surface area contributed by atoms with Crippen LogP contribution in [0.1, 0.15) is 32.1 Å². The predicted octanol–water partition coefficient (Wildman–Crippen LogP) is 0.552. The lowest BCUT2D eigenvalue weighted by Crippen LogP contribution is -2.42. The maximum absolute atomic E-state index is 12.2. The number of nitrogens with one attached hydrogen (secondary N) is 1. The van der Waals surface area contributed by atoms with Gasteiger partial charge in [0.1, 0.15) is 0 Å². The molecule has 1 heterocycles. The summed E-state index contributed by atoms with van der Waals surface area (Å²) >= 11 is 0. The highest BCUT2D eigenvalue weighted by Gasteiger charge is 2.36. The molecule has 1 atom stereocenters. The van der Waals surface area contributed by atoms with Gasteiger partial charge in [-0.3, -0.25) is 0 Å². The summed E-state index contributed by atoms with van der Waals surface area (Å²) in [5.41, 5.74) is 0. The molecule has 0 radical (unpaired) electrons. The van der Waals surface area contributed by atoms with Gasteiger partial charge in [0.2, 0.25) is 10.0 Å². The third kappa shape index (κ3) is 2.19. The van der Waals surface area contributed by atoms with Crippen molar-refractivity contribution < 1.29 is 8.42 Å². The fraction of sp³-hybridized carbons (Fsp3) is 1.00. The smallest absolute Gasteiger partial charge is 0.218 e. The largest absolute Gasteiger partial charge is 0.315 e. The van der Waals surface area contributed by atoms with Gasteiger partial charge in [0, 0.05) is 19.6 Å². The Morgan fingerprint density at radius 2 is 1.87 bits per heavy atom. The Kier molecular flexibility index (Phi) is 3.33. The van der Waals surface area contributed by atoms with Gasteiger partial charge in [-0.05, 0) is 25.8 Å². The van der Waals surface area contributed by atoms with E-state index in [0.717, 1.165) is 25.8 Å². The van der Waals surface area contributed by atoms with Gasteiger partial charge < -0.3 is 5.32 Å². The van der Waals surface area contributed by atoms with Crippen molar-refractivity contribution in [1.29, 1.82) is 0 Å². The summed E-state index contributed by atoms with van der Waals surface area (Å²) in [5, 5.41) is 2.93. The lowest BCUT2D eigenvalue weighted by molar-refractivity contribution is 0.368. The standard InChI is InChI=1S/C10H20N2O2S/c1-12(9-4-2-3-5-9)15(13,14)10-6-7-11-8-10/h9-11H,2-8H2,1H3. The minimum absolute atomic E-state index is 0.192. The highest BCUT2D eigenvalue weighted by atomic mass is 32.2. The third-order valence-corrected chi connectivity index (χ3v) is 6.02. The zero-order valence-electron chi connectivity index (χ0n) is 9.28. The van der Waals surface area contributed by atoms with E-state index >= 15 is 0 Å². The molecule has 88 valence electrons. The molecule has 2 rings (SSSR count). The highest BCUT2D eigenvalue weighted by molar-refractivity contribution is 7.89. The van der Waals surface area contributed by atoms with Crippen molar-refractivity contribution in [3.63, 3.8) is 0 Å². The first-order chi connectivity index (χ1) is 7.12. The Morgan fingerprint density at radius 1 is 1.20 bits per heavy atom. The van der Waals surface area contributed by atoms with Gasteiger partial charge in [-0.25, -0.2) is 12.7 Å². The number of sulfonamides is 1. The molecule has 5 heteroatoms. The summed E-state index contributed by atoms with van der Waals surface area (Å²) in [6, 6.07) is 0.260. The molecular weight excluding hydrogens is 212 g/mol. The van der Waals surface area contributed by atoms with Crippen molar-refractivity contribution in [2.75, 3.05) is 20.1 Å². The molecule has 1 unspecified atom stereocenters. The maximum Gasteiger partial charge on any atom is 0.218 e. The van der Waals surface area contributed by atoms with Crippen LogP contribution in [-0.2, 0) is 10.0 Å². The van der Waals surface area contributed by atoms with Crippen LogP contribution < -0.4 is 5.32 Å². The normalized spacial score (nSPS) is 29.1. The van der Waals surface area contributed by atoms with Crippen molar-refractivity contribution in [3.05, 3.63) is 0 Å². The predicted molar refractivity (Wildman–Crippen MR) is 60.2 cm³/mol. The average Bonchev–Trinajstić information content (AvgIpc) is 2.89. The van der Waals surface area contributed by atoms with Gasteiger partial charge in [0.15, 0.2) is 0 Å². The SMILES string of the molecule is CN(C1CCCC1)S(=O)(=O)C1CCNC1. The summed E-state index contributed by atoms with van der Waals surface area (Å²) in [5.74, 6) is 0. The fourth-order valence-electron chi connectivity index (χ4n) is 2.59. The number of rotatable bonds is 3. The molecular formula is C10H20N2O2S. The van der Waals surface area contributed by atoms with Crippen LogP contribution in [0.2, 0.25) is 0 Å². The van der Waals surface area contributed by atoms with E-state index in [1.807, 2.05) is 0 Å². The molecule has 1 aliphatic carbocycles. The summed E-state index contributed by atoms with van der Waals surface area (Å²) in [6.45, 7) is 1.46. The van der Waals surface area contributed by atoms with Crippen molar-refractivity contribution in [2.24, 2.45) is 0 Å². The van der Waals surface area contributed by atoms with E-state index < -0.39 is 10.0 Å². The van der Waals surface area contributed by atoms with Crippen molar-refractivity contribution in [3.8, 4) is 0 Å². The van der Waals surface area contributed by atoms with Crippen molar-refractivity contribution in [2.45, 2.75) is 43.4 Å². The van der Waals surface area contributed by atoms with E-state index in [1.54, 1.807) is 11.4 Å². The quantitative estimate of drug-likeness (QED) is 0.773. The fourth-order valence-corrected chi connectivity index (χ4v) is 4.43. The Morgan fingerprint density at radius 3 is 2.40 bits per heavy atom. The first-order valence-electron chi connectivity index (χ1n) is 5.80. The van der Waals surface area contributed by atoms with E-state index in [9.17, 15) is 8.42 Å². The van der Waals surface area contributed by atoms with Gasteiger partial charge in [-0.1, -0.05) is 12.8 Å². The lowest BCUT2D eigenvalue weighted by atomic mass is 10.3. The van der Waals surface area contributed by atoms with Crippen LogP contribution in [-0.4, -0.2) is 44.2 Å². The van der Waals surface area contributed by atoms with Gasteiger partial charge in [0.25, 0.3) is 0 Å². The molecule has 1 N–H and O–H groups in total. The van der Waals surface area contributed by atoms with E-state index in [-0.39, 0.29) is 11.3 Å². The Labute approximate surface area is 92.1 Å². The van der Waals surface area contributed by atoms with Gasteiger partial charge in [0.05, 0.1) is 5.25 Å². The molecule has 1 aliphatic heterocycles. The zero-order chi connectivity index (χ0) is 10.9. The zero-order valence-corrected chi connectivity index (χ0v) is 10.1. The second kappa shape index (κ2) is 4.39. The number of nitrogens with zero attached hydrogens (tertiary/aromatic N) is 1. The molecule has 1 saturated heterocycles. The molecule has 2 fully saturated rings. The van der Waals surface area contributed by atoms with Gasteiger partial charge >= 0.3 is 0 Å². The van der Waals surface area contributed by atoms with Gasteiger partial charge in [-0.15, -0.1) is 0 Å². The van der Waals surface area contributed by atoms with Crippen molar-refractivity contribution >= 4 is 10.0 Å². The first kappa shape index (κ1) is 11.4. The summed E-state index contributed by atoms with van der Waals surface area (Å²) in [6.07, 6.45) is 5.19. The third-order valence-electron chi connectivity index (χ3n) is 3.68. The Hall–Kier alpha value is -0.130. The van der Waals surface area contributed by atoms with Gasteiger partial charge in [-0.2, -0.15) is 0 Å². The molecule has 0 amide bonds. The van der Waals surface area contributed by atoms with Crippen LogP contribution in [0.5, 0.6) is 0 Å². The molecule has 0 spiro atoms. The molecule has 0 aromatic carbocycles. The summed E-state index contributed by atoms with van der Waals surface area (Å²) in [7, 11) is -1.30. The van der Waals surface area contributed by atoms with Crippen LogP contribution >= 0.6 is 0 Å². The molecule has 1 saturated carbocycles. The minimum Gasteiger partial charge on any atom is -0.315 e. The molecule has 0 aromatic rings. The Bertz CT molecular complexity index is 303. The van der Waals surface area contributed by atoms with Crippen molar-refractivity contribution in [1.82, 2.24) is 9.62 Å². The van der Waals surface area contributed by atoms with E-state index in [1.165, 1.54) is 12.8 Å². The monoisotopic (exact) mass is 232 g/mol. The average molecular weight is 232 g/mol. The second-order valence-electron chi connectivity index (χ2n) is 4.61. The molecule has 15 heavy (non-hydrogen) atoms. The summed E-state index contributed by atoms with van der Waals surface area (Å²) < 4.78 is 26.0. The molecule has 0 aromatic heterocycles.